The zero-order valence-electron chi connectivity index (χ0n) is 19.7. The molecule has 0 radical (unpaired) electrons. The number of aliphatic hydroxyl groups is 2. The van der Waals surface area contributed by atoms with Crippen LogP contribution in [0.1, 0.15) is 31.6 Å². The number of rotatable bonds is 7. The van der Waals surface area contributed by atoms with E-state index >= 15 is 0 Å². The molecule has 0 amide bonds. The van der Waals surface area contributed by atoms with Crippen LogP contribution in [-0.4, -0.2) is 62.6 Å². The quantitative estimate of drug-likeness (QED) is 0.274. The van der Waals surface area contributed by atoms with Gasteiger partial charge >= 0.3 is 0 Å². The van der Waals surface area contributed by atoms with Gasteiger partial charge in [-0.3, -0.25) is 0 Å². The summed E-state index contributed by atoms with van der Waals surface area (Å²) in [5.74, 6) is 0.0843. The Bertz CT molecular complexity index is 1330. The molecule has 0 saturated carbocycles. The normalized spacial score (nSPS) is 16.2. The highest BCUT2D eigenvalue weighted by Crippen LogP contribution is 2.42. The molecular formula is C26H31N5O4. The topological polar surface area (TPSA) is 141 Å². The van der Waals surface area contributed by atoms with Crippen LogP contribution < -0.4 is 15.4 Å². The average Bonchev–Trinajstić information content (AvgIpc) is 3.38. The first kappa shape index (κ1) is 23.3. The van der Waals surface area contributed by atoms with Gasteiger partial charge in [0, 0.05) is 24.5 Å². The lowest BCUT2D eigenvalue weighted by atomic mass is 9.83. The molecule has 4 aromatic rings. The second-order valence-electron chi connectivity index (χ2n) is 9.59. The molecule has 2 aromatic carbocycles. The summed E-state index contributed by atoms with van der Waals surface area (Å²) in [5.41, 5.74) is 8.48. The number of aromatic hydroxyl groups is 1. The van der Waals surface area contributed by atoms with Crippen molar-refractivity contribution in [2.75, 3.05) is 31.2 Å². The van der Waals surface area contributed by atoms with Crippen LogP contribution in [0.4, 0.5) is 5.69 Å². The number of hydrogen-bond donors (Lipinski definition) is 5. The molecule has 1 unspecified atom stereocenters. The van der Waals surface area contributed by atoms with E-state index in [1.165, 1.54) is 6.33 Å². The molecular weight excluding hydrogens is 446 g/mol. The Morgan fingerprint density at radius 1 is 1.11 bits per heavy atom. The van der Waals surface area contributed by atoms with E-state index in [9.17, 15) is 15.3 Å². The minimum Gasteiger partial charge on any atom is -0.503 e. The number of nitrogens with one attached hydrogen (secondary N) is 1. The van der Waals surface area contributed by atoms with Gasteiger partial charge in [-0.1, -0.05) is 25.1 Å². The Kier molecular flexibility index (Phi) is 6.22. The van der Waals surface area contributed by atoms with E-state index in [1.54, 1.807) is 19.1 Å². The number of phenolic OH excluding ortho intramolecular Hbond substituents is 1. The Morgan fingerprint density at radius 2 is 1.89 bits per heavy atom. The van der Waals surface area contributed by atoms with Crippen LogP contribution in [0.2, 0.25) is 0 Å². The number of nitrogens with two attached hydrogens (primary N) is 1. The number of pyridine rings is 1. The number of para-hydroxylation sites is 1. The van der Waals surface area contributed by atoms with Crippen molar-refractivity contribution in [3.05, 3.63) is 54.5 Å². The molecule has 1 saturated heterocycles. The van der Waals surface area contributed by atoms with Crippen LogP contribution in [0.15, 0.2) is 48.8 Å². The highest BCUT2D eigenvalue weighted by atomic mass is 16.5. The average molecular weight is 478 g/mol. The molecule has 1 aliphatic rings. The molecule has 1 atom stereocenters. The van der Waals surface area contributed by atoms with Crippen LogP contribution in [0, 0.1) is 5.41 Å². The fraction of sp³-hybridized carbons (Fsp3) is 0.385. The summed E-state index contributed by atoms with van der Waals surface area (Å²) in [6.07, 6.45) is 2.50. The Balaban J connectivity index is 1.59. The third-order valence-electron chi connectivity index (χ3n) is 7.00. The minimum atomic E-state index is -1.07. The van der Waals surface area contributed by atoms with E-state index < -0.39 is 11.5 Å². The lowest BCUT2D eigenvalue weighted by molar-refractivity contribution is -0.0315. The largest absolute Gasteiger partial charge is 0.503 e. The molecule has 184 valence electrons. The molecule has 2 aromatic heterocycles. The van der Waals surface area contributed by atoms with E-state index in [0.717, 1.165) is 42.5 Å². The number of aromatic amines is 1. The van der Waals surface area contributed by atoms with Crippen molar-refractivity contribution in [1.82, 2.24) is 15.0 Å². The summed E-state index contributed by atoms with van der Waals surface area (Å²) >= 11 is 0. The number of H-pyrrole nitrogens is 1. The van der Waals surface area contributed by atoms with Gasteiger partial charge < -0.3 is 35.7 Å². The number of aliphatic hydroxyl groups excluding tert-OH is 2. The number of anilines is 1. The third kappa shape index (κ3) is 4.27. The molecule has 0 aliphatic carbocycles. The van der Waals surface area contributed by atoms with Gasteiger partial charge in [0.05, 0.1) is 47.4 Å². The van der Waals surface area contributed by atoms with E-state index in [1.807, 2.05) is 24.3 Å². The monoisotopic (exact) mass is 477 g/mol. The first-order chi connectivity index (χ1) is 16.9. The first-order valence-corrected chi connectivity index (χ1v) is 11.9. The number of nitrogens with zero attached hydrogens (tertiary/aromatic N) is 3. The SMILES string of the molecule is CC(CO)(CO)C(Oc1ccc2[nH]cnc2c1O)c1ccc2cccc(N3CCC(N)CC3)c2n1. The lowest BCUT2D eigenvalue weighted by Crippen LogP contribution is -2.40. The Hall–Kier alpha value is -3.40. The predicted octanol–water partition coefficient (Wildman–Crippen LogP) is 2.86. The maximum atomic E-state index is 10.8. The van der Waals surface area contributed by atoms with Crippen LogP contribution >= 0.6 is 0 Å². The summed E-state index contributed by atoms with van der Waals surface area (Å²) in [6, 6.07) is 13.5. The van der Waals surface area contributed by atoms with E-state index in [2.05, 4.69) is 20.9 Å². The Morgan fingerprint density at radius 3 is 2.63 bits per heavy atom. The minimum absolute atomic E-state index is 0.113. The highest BCUT2D eigenvalue weighted by Gasteiger charge is 2.38. The van der Waals surface area contributed by atoms with Gasteiger partial charge in [0.1, 0.15) is 5.52 Å². The second kappa shape index (κ2) is 9.33. The number of fused-ring (bicyclic) bond motifs is 2. The van der Waals surface area contributed by atoms with E-state index in [4.69, 9.17) is 15.5 Å². The molecule has 35 heavy (non-hydrogen) atoms. The molecule has 5 rings (SSSR count). The molecule has 3 heterocycles. The molecule has 0 spiro atoms. The zero-order chi connectivity index (χ0) is 24.6. The number of aromatic nitrogens is 3. The highest BCUT2D eigenvalue weighted by molar-refractivity contribution is 5.91. The maximum Gasteiger partial charge on any atom is 0.186 e. The summed E-state index contributed by atoms with van der Waals surface area (Å²) < 4.78 is 6.29. The summed E-state index contributed by atoms with van der Waals surface area (Å²) in [7, 11) is 0. The number of benzene rings is 2. The van der Waals surface area contributed by atoms with E-state index in [-0.39, 0.29) is 30.8 Å². The van der Waals surface area contributed by atoms with Crippen LogP contribution in [-0.2, 0) is 0 Å². The molecule has 9 heteroatoms. The van der Waals surface area contributed by atoms with Gasteiger partial charge in [-0.15, -0.1) is 0 Å². The Labute approximate surface area is 203 Å². The van der Waals surface area contributed by atoms with Gasteiger partial charge in [-0.05, 0) is 37.1 Å². The van der Waals surface area contributed by atoms with Crippen molar-refractivity contribution in [3.63, 3.8) is 0 Å². The smallest absolute Gasteiger partial charge is 0.186 e. The van der Waals surface area contributed by atoms with Crippen molar-refractivity contribution in [1.29, 1.82) is 0 Å². The van der Waals surface area contributed by atoms with Crippen LogP contribution in [0.3, 0.4) is 0 Å². The first-order valence-electron chi connectivity index (χ1n) is 11.9. The van der Waals surface area contributed by atoms with Crippen molar-refractivity contribution in [3.8, 4) is 11.5 Å². The summed E-state index contributed by atoms with van der Waals surface area (Å²) in [6.45, 7) is 2.75. The molecule has 1 aliphatic heterocycles. The van der Waals surface area contributed by atoms with Gasteiger partial charge in [0.15, 0.2) is 17.6 Å². The number of imidazole rings is 1. The van der Waals surface area contributed by atoms with Crippen LogP contribution in [0.5, 0.6) is 11.5 Å². The molecule has 6 N–H and O–H groups in total. The van der Waals surface area contributed by atoms with Crippen molar-refractivity contribution in [2.45, 2.75) is 31.9 Å². The van der Waals surface area contributed by atoms with Gasteiger partial charge in [0.2, 0.25) is 0 Å². The third-order valence-corrected chi connectivity index (χ3v) is 7.00. The number of hydrogen-bond acceptors (Lipinski definition) is 8. The predicted molar refractivity (Wildman–Crippen MR) is 135 cm³/mol. The molecule has 9 nitrogen and oxygen atoms in total. The fourth-order valence-corrected chi connectivity index (χ4v) is 4.66. The number of ether oxygens (including phenoxy) is 1. The van der Waals surface area contributed by atoms with Crippen molar-refractivity contribution in [2.24, 2.45) is 11.1 Å². The van der Waals surface area contributed by atoms with E-state index in [0.29, 0.717) is 16.7 Å². The van der Waals surface area contributed by atoms with Crippen molar-refractivity contribution < 1.29 is 20.1 Å². The summed E-state index contributed by atoms with van der Waals surface area (Å²) in [4.78, 5) is 14.4. The van der Waals surface area contributed by atoms with Gasteiger partial charge in [0.25, 0.3) is 0 Å². The van der Waals surface area contributed by atoms with Gasteiger partial charge in [-0.2, -0.15) is 0 Å². The number of piperidine rings is 1. The molecule has 1 fully saturated rings. The maximum absolute atomic E-state index is 10.8. The lowest BCUT2D eigenvalue weighted by Gasteiger charge is -2.35. The standard InChI is InChI=1S/C26H31N5O4/c1-26(13-32,14-33)25(35-21-8-7-18-23(24(21)34)29-15-28-18)19-6-5-16-3-2-4-20(22(16)30-19)31-11-9-17(27)10-12-31/h2-8,15,17,25,32-34H,9-14,27H2,1H3,(H,28,29). The fourth-order valence-electron chi connectivity index (χ4n) is 4.66. The molecule has 0 bridgehead atoms. The number of phenols is 1. The second-order valence-corrected chi connectivity index (χ2v) is 9.59. The van der Waals surface area contributed by atoms with Crippen LogP contribution in [0.25, 0.3) is 21.9 Å². The van der Waals surface area contributed by atoms with Gasteiger partial charge in [-0.25, -0.2) is 9.97 Å². The van der Waals surface area contributed by atoms with Crippen molar-refractivity contribution >= 4 is 27.6 Å². The zero-order valence-corrected chi connectivity index (χ0v) is 19.7. The summed E-state index contributed by atoms with van der Waals surface area (Å²) in [5, 5.41) is 32.2.